The van der Waals surface area contributed by atoms with Crippen LogP contribution in [0.4, 0.5) is 11.9 Å². The second-order valence-electron chi connectivity index (χ2n) is 6.80. The fourth-order valence-electron chi connectivity index (χ4n) is 3.63. The standard InChI is InChI=1S/C18H24N8O/c19-11-16-22-17(25-7-9-27-10-8-25)24-18(23-16)26(15-3-1-2-4-15)13-14-12-20-5-6-21-14/h5-6,11-12,15,19H,1-4,7-10,13H2. The van der Waals surface area contributed by atoms with E-state index in [1.165, 1.54) is 19.1 Å². The lowest BCUT2D eigenvalue weighted by molar-refractivity contribution is 0.122. The van der Waals surface area contributed by atoms with Gasteiger partial charge in [0, 0.05) is 31.5 Å². The number of nitrogens with zero attached hydrogens (tertiary/aromatic N) is 7. The third kappa shape index (κ3) is 4.19. The van der Waals surface area contributed by atoms with Gasteiger partial charge in [0.25, 0.3) is 0 Å². The van der Waals surface area contributed by atoms with Gasteiger partial charge in [0.05, 0.1) is 37.9 Å². The molecule has 1 aliphatic heterocycles. The molecule has 27 heavy (non-hydrogen) atoms. The topological polar surface area (TPSA) is 104 Å². The van der Waals surface area contributed by atoms with E-state index >= 15 is 0 Å². The van der Waals surface area contributed by atoms with Crippen LogP contribution in [-0.4, -0.2) is 63.5 Å². The highest BCUT2D eigenvalue weighted by Crippen LogP contribution is 2.28. The molecule has 2 fully saturated rings. The first kappa shape index (κ1) is 17.7. The zero-order valence-electron chi connectivity index (χ0n) is 15.3. The van der Waals surface area contributed by atoms with Crippen molar-refractivity contribution in [3.63, 3.8) is 0 Å². The van der Waals surface area contributed by atoms with Gasteiger partial charge in [0.15, 0.2) is 5.82 Å². The Hall–Kier alpha value is -2.68. The normalized spacial score (nSPS) is 17.9. The molecule has 0 aromatic carbocycles. The number of hydrogen-bond donors (Lipinski definition) is 1. The van der Waals surface area contributed by atoms with Crippen LogP contribution >= 0.6 is 0 Å². The van der Waals surface area contributed by atoms with E-state index in [2.05, 4.69) is 29.7 Å². The van der Waals surface area contributed by atoms with Crippen molar-refractivity contribution in [2.24, 2.45) is 0 Å². The lowest BCUT2D eigenvalue weighted by Gasteiger charge is -2.31. The predicted octanol–water partition coefficient (Wildman–Crippen LogP) is 1.45. The second-order valence-corrected chi connectivity index (χ2v) is 6.80. The van der Waals surface area contributed by atoms with Gasteiger partial charge in [-0.25, -0.2) is 0 Å². The number of morpholine rings is 1. The Balaban J connectivity index is 1.68. The fraction of sp³-hybridized carbons (Fsp3) is 0.556. The second kappa shape index (κ2) is 8.34. The van der Waals surface area contributed by atoms with Crippen molar-refractivity contribution in [3.05, 3.63) is 30.1 Å². The molecule has 0 bridgehead atoms. The average Bonchev–Trinajstić information content (AvgIpc) is 3.27. The first-order chi connectivity index (χ1) is 13.3. The van der Waals surface area contributed by atoms with Crippen LogP contribution in [0.5, 0.6) is 0 Å². The summed E-state index contributed by atoms with van der Waals surface area (Å²) in [6.45, 7) is 3.41. The first-order valence-electron chi connectivity index (χ1n) is 9.44. The molecule has 9 nitrogen and oxygen atoms in total. The minimum absolute atomic E-state index is 0.366. The molecular formula is C18H24N8O. The number of anilines is 2. The summed E-state index contributed by atoms with van der Waals surface area (Å²) in [6, 6.07) is 0.366. The average molecular weight is 368 g/mol. The summed E-state index contributed by atoms with van der Waals surface area (Å²) in [5.41, 5.74) is 0.883. The highest BCUT2D eigenvalue weighted by Gasteiger charge is 2.27. The van der Waals surface area contributed by atoms with Gasteiger partial charge in [-0.05, 0) is 12.8 Å². The smallest absolute Gasteiger partial charge is 0.231 e. The van der Waals surface area contributed by atoms with E-state index in [9.17, 15) is 0 Å². The number of rotatable bonds is 6. The summed E-state index contributed by atoms with van der Waals surface area (Å²) in [5, 5.41) is 7.66. The maximum Gasteiger partial charge on any atom is 0.231 e. The molecule has 0 spiro atoms. The van der Waals surface area contributed by atoms with Gasteiger partial charge in [-0.15, -0.1) is 0 Å². The third-order valence-electron chi connectivity index (χ3n) is 5.02. The fourth-order valence-corrected chi connectivity index (χ4v) is 3.63. The van der Waals surface area contributed by atoms with Gasteiger partial charge in [-0.3, -0.25) is 9.97 Å². The van der Waals surface area contributed by atoms with E-state index in [1.54, 1.807) is 18.6 Å². The van der Waals surface area contributed by atoms with Crippen LogP contribution in [0.1, 0.15) is 37.2 Å². The van der Waals surface area contributed by atoms with Gasteiger partial charge in [0.1, 0.15) is 0 Å². The highest BCUT2D eigenvalue weighted by molar-refractivity contribution is 5.72. The molecule has 2 aromatic heterocycles. The van der Waals surface area contributed by atoms with Crippen LogP contribution in [0.2, 0.25) is 0 Å². The molecule has 2 aliphatic rings. The Bertz CT molecular complexity index is 759. The summed E-state index contributed by atoms with van der Waals surface area (Å²) in [7, 11) is 0. The van der Waals surface area contributed by atoms with Crippen molar-refractivity contribution in [1.29, 1.82) is 5.41 Å². The summed E-state index contributed by atoms with van der Waals surface area (Å²) in [4.78, 5) is 26.7. The quantitative estimate of drug-likeness (QED) is 0.764. The summed E-state index contributed by atoms with van der Waals surface area (Å²) in [6.07, 6.45) is 11.0. The Kier molecular flexibility index (Phi) is 5.47. The van der Waals surface area contributed by atoms with Crippen LogP contribution in [0.25, 0.3) is 0 Å². The molecule has 1 N–H and O–H groups in total. The largest absolute Gasteiger partial charge is 0.378 e. The van der Waals surface area contributed by atoms with Crippen LogP contribution in [-0.2, 0) is 11.3 Å². The van der Waals surface area contributed by atoms with Crippen molar-refractivity contribution in [2.75, 3.05) is 36.1 Å². The highest BCUT2D eigenvalue weighted by atomic mass is 16.5. The van der Waals surface area contributed by atoms with E-state index in [4.69, 9.17) is 15.1 Å². The lowest BCUT2D eigenvalue weighted by atomic mass is 10.2. The van der Waals surface area contributed by atoms with E-state index < -0.39 is 0 Å². The zero-order chi connectivity index (χ0) is 18.5. The molecule has 0 radical (unpaired) electrons. The zero-order valence-corrected chi connectivity index (χ0v) is 15.3. The molecule has 142 valence electrons. The van der Waals surface area contributed by atoms with Gasteiger partial charge >= 0.3 is 0 Å². The van der Waals surface area contributed by atoms with Gasteiger partial charge in [0.2, 0.25) is 11.9 Å². The van der Waals surface area contributed by atoms with Crippen LogP contribution < -0.4 is 9.80 Å². The van der Waals surface area contributed by atoms with E-state index in [0.717, 1.165) is 31.6 Å². The minimum atomic E-state index is 0.366. The van der Waals surface area contributed by atoms with Crippen LogP contribution in [0, 0.1) is 5.41 Å². The molecule has 4 rings (SSSR count). The monoisotopic (exact) mass is 368 g/mol. The lowest BCUT2D eigenvalue weighted by Crippen LogP contribution is -2.39. The Morgan fingerprint density at radius 1 is 1.15 bits per heavy atom. The maximum atomic E-state index is 7.66. The number of hydrogen-bond acceptors (Lipinski definition) is 9. The van der Waals surface area contributed by atoms with Crippen molar-refractivity contribution < 1.29 is 4.74 Å². The van der Waals surface area contributed by atoms with Gasteiger partial charge in [-0.1, -0.05) is 12.8 Å². The van der Waals surface area contributed by atoms with Crippen molar-refractivity contribution in [3.8, 4) is 0 Å². The van der Waals surface area contributed by atoms with Crippen LogP contribution in [0.3, 0.4) is 0 Å². The Labute approximate surface area is 158 Å². The van der Waals surface area contributed by atoms with Crippen molar-refractivity contribution in [1.82, 2.24) is 24.9 Å². The predicted molar refractivity (Wildman–Crippen MR) is 101 cm³/mol. The Morgan fingerprint density at radius 2 is 1.96 bits per heavy atom. The molecule has 1 saturated heterocycles. The van der Waals surface area contributed by atoms with Gasteiger partial charge < -0.3 is 19.9 Å². The molecule has 2 aromatic rings. The number of ether oxygens (including phenoxy) is 1. The third-order valence-corrected chi connectivity index (χ3v) is 5.02. The molecule has 1 aliphatic carbocycles. The van der Waals surface area contributed by atoms with E-state index in [0.29, 0.717) is 43.5 Å². The SMILES string of the molecule is N=Cc1nc(N2CCOCC2)nc(N(Cc2cnccn2)C2CCCC2)n1. The molecule has 1 saturated carbocycles. The molecule has 0 unspecified atom stereocenters. The van der Waals surface area contributed by atoms with Crippen LogP contribution in [0.15, 0.2) is 18.6 Å². The van der Waals surface area contributed by atoms with E-state index in [-0.39, 0.29) is 0 Å². The molecule has 3 heterocycles. The molecular weight excluding hydrogens is 344 g/mol. The number of aromatic nitrogens is 5. The summed E-state index contributed by atoms with van der Waals surface area (Å²) >= 11 is 0. The van der Waals surface area contributed by atoms with Crippen molar-refractivity contribution in [2.45, 2.75) is 38.3 Å². The molecule has 0 amide bonds. The van der Waals surface area contributed by atoms with Crippen molar-refractivity contribution >= 4 is 18.1 Å². The summed E-state index contributed by atoms with van der Waals surface area (Å²) in [5.74, 6) is 1.61. The Morgan fingerprint density at radius 3 is 2.67 bits per heavy atom. The van der Waals surface area contributed by atoms with E-state index in [1.807, 2.05) is 0 Å². The maximum absolute atomic E-state index is 7.66. The minimum Gasteiger partial charge on any atom is -0.378 e. The molecule has 9 heteroatoms. The first-order valence-corrected chi connectivity index (χ1v) is 9.44. The summed E-state index contributed by atoms with van der Waals surface area (Å²) < 4.78 is 5.43. The number of nitrogens with one attached hydrogen (secondary N) is 1. The molecule has 0 atom stereocenters. The van der Waals surface area contributed by atoms with Gasteiger partial charge in [-0.2, -0.15) is 15.0 Å².